The smallest absolute Gasteiger partial charge is 0.222 e. The summed E-state index contributed by atoms with van der Waals surface area (Å²) in [5.74, 6) is -0.702. The molecule has 0 bridgehead atoms. The van der Waals surface area contributed by atoms with Gasteiger partial charge in [0.1, 0.15) is 12.2 Å². The average Bonchev–Trinajstić information content (AvgIpc) is 3.40. The first-order valence-corrected chi connectivity index (χ1v) is 11.4. The van der Waals surface area contributed by atoms with Gasteiger partial charge >= 0.3 is 0 Å². The average molecular weight is 459 g/mol. The molecule has 2 aliphatic rings. The normalized spacial score (nSPS) is 25.8. The number of para-hydroxylation sites is 1. The summed E-state index contributed by atoms with van der Waals surface area (Å²) in [6.07, 6.45) is 1.86. The van der Waals surface area contributed by atoms with Crippen molar-refractivity contribution < 1.29 is 19.0 Å². The Labute approximate surface area is 193 Å². The first-order chi connectivity index (χ1) is 15.8. The van der Waals surface area contributed by atoms with Crippen molar-refractivity contribution in [2.75, 3.05) is 26.2 Å². The van der Waals surface area contributed by atoms with Gasteiger partial charge in [-0.15, -0.1) is 0 Å². The van der Waals surface area contributed by atoms with E-state index in [9.17, 15) is 4.79 Å². The van der Waals surface area contributed by atoms with Crippen LogP contribution in [0.1, 0.15) is 25.8 Å². The molecule has 33 heavy (non-hydrogen) atoms. The second kappa shape index (κ2) is 10.1. The maximum absolute atomic E-state index is 12.7. The number of H-pyrrole nitrogens is 1. The molecule has 0 unspecified atom stereocenters. The molecule has 1 aromatic carbocycles. The molecular formula is C23H34N6O4. The van der Waals surface area contributed by atoms with E-state index in [1.54, 1.807) is 0 Å². The van der Waals surface area contributed by atoms with E-state index in [2.05, 4.69) is 26.7 Å². The number of carbonyl (C=O) groups is 1. The largest absolute Gasteiger partial charge is 0.370 e. The van der Waals surface area contributed by atoms with Gasteiger partial charge < -0.3 is 41.3 Å². The Morgan fingerprint density at radius 3 is 2.70 bits per heavy atom. The summed E-state index contributed by atoms with van der Waals surface area (Å²) in [4.78, 5) is 19.9. The van der Waals surface area contributed by atoms with Crippen molar-refractivity contribution in [3.63, 3.8) is 0 Å². The van der Waals surface area contributed by atoms with Crippen LogP contribution in [0.2, 0.25) is 0 Å². The number of amides is 1. The number of aromatic amines is 1. The molecule has 3 heterocycles. The Hall–Kier alpha value is -2.66. The van der Waals surface area contributed by atoms with E-state index in [0.29, 0.717) is 26.2 Å². The lowest BCUT2D eigenvalue weighted by Crippen LogP contribution is -2.38. The van der Waals surface area contributed by atoms with Crippen molar-refractivity contribution in [1.29, 1.82) is 0 Å². The number of nitrogens with zero attached hydrogens (tertiary/aromatic N) is 1. The fourth-order valence-corrected chi connectivity index (χ4v) is 4.54. The molecule has 4 atom stereocenters. The van der Waals surface area contributed by atoms with Crippen molar-refractivity contribution in [2.24, 2.45) is 16.5 Å². The highest BCUT2D eigenvalue weighted by atomic mass is 16.8. The van der Waals surface area contributed by atoms with Crippen LogP contribution in [0.5, 0.6) is 0 Å². The zero-order valence-electron chi connectivity index (χ0n) is 19.2. The lowest BCUT2D eigenvalue weighted by atomic mass is 10.1. The third-order valence-corrected chi connectivity index (χ3v) is 5.95. The molecule has 2 fully saturated rings. The molecule has 4 rings (SSSR count). The minimum atomic E-state index is -0.709. The zero-order valence-corrected chi connectivity index (χ0v) is 19.2. The molecule has 0 aliphatic carbocycles. The van der Waals surface area contributed by atoms with Crippen molar-refractivity contribution in [1.82, 2.24) is 15.6 Å². The predicted octanol–water partition coefficient (Wildman–Crippen LogP) is 0.367. The van der Waals surface area contributed by atoms with Gasteiger partial charge in [-0.3, -0.25) is 9.79 Å². The van der Waals surface area contributed by atoms with Crippen LogP contribution in [0, 0.1) is 0 Å². The lowest BCUT2D eigenvalue weighted by molar-refractivity contribution is -0.187. The number of ether oxygens (including phenoxy) is 3. The summed E-state index contributed by atoms with van der Waals surface area (Å²) in [5.41, 5.74) is 13.0. The van der Waals surface area contributed by atoms with Gasteiger partial charge in [-0.1, -0.05) is 18.2 Å². The van der Waals surface area contributed by atoms with Gasteiger partial charge in [0, 0.05) is 36.7 Å². The lowest BCUT2D eigenvalue weighted by Gasteiger charge is -2.24. The van der Waals surface area contributed by atoms with E-state index >= 15 is 0 Å². The molecule has 0 saturated carbocycles. The van der Waals surface area contributed by atoms with Gasteiger partial charge in [0.25, 0.3) is 0 Å². The van der Waals surface area contributed by atoms with E-state index in [1.165, 1.54) is 10.9 Å². The molecule has 180 valence electrons. The van der Waals surface area contributed by atoms with Gasteiger partial charge in [0.2, 0.25) is 5.91 Å². The van der Waals surface area contributed by atoms with Gasteiger partial charge in [0.05, 0.1) is 25.2 Å². The third-order valence-electron chi connectivity index (χ3n) is 5.95. The van der Waals surface area contributed by atoms with Crippen LogP contribution in [-0.2, 0) is 25.4 Å². The molecule has 0 radical (unpaired) electrons. The van der Waals surface area contributed by atoms with Crippen molar-refractivity contribution in [3.8, 4) is 0 Å². The van der Waals surface area contributed by atoms with E-state index in [-0.39, 0.29) is 42.7 Å². The number of nitrogens with one attached hydrogen (secondary N) is 3. The second-order valence-corrected chi connectivity index (χ2v) is 8.95. The number of fused-ring (bicyclic) bond motifs is 2. The number of guanidine groups is 1. The summed E-state index contributed by atoms with van der Waals surface area (Å²) in [6, 6.07) is 8.15. The third kappa shape index (κ3) is 5.83. The van der Waals surface area contributed by atoms with E-state index in [1.807, 2.05) is 38.2 Å². The number of benzene rings is 1. The summed E-state index contributed by atoms with van der Waals surface area (Å²) in [6.45, 7) is 5.96. The number of aromatic nitrogens is 1. The number of hydrogen-bond donors (Lipinski definition) is 5. The Morgan fingerprint density at radius 2 is 1.91 bits per heavy atom. The zero-order chi connectivity index (χ0) is 23.4. The number of hydrogen-bond acceptors (Lipinski definition) is 6. The summed E-state index contributed by atoms with van der Waals surface area (Å²) < 4.78 is 18.3. The highest BCUT2D eigenvalue weighted by Gasteiger charge is 2.55. The van der Waals surface area contributed by atoms with Gasteiger partial charge in [-0.25, -0.2) is 0 Å². The van der Waals surface area contributed by atoms with E-state index in [4.69, 9.17) is 25.7 Å². The second-order valence-electron chi connectivity index (χ2n) is 8.95. The minimum Gasteiger partial charge on any atom is -0.370 e. The first-order valence-electron chi connectivity index (χ1n) is 11.4. The molecule has 10 nitrogen and oxygen atoms in total. The molecular weight excluding hydrogens is 424 g/mol. The maximum atomic E-state index is 12.7. The maximum Gasteiger partial charge on any atom is 0.222 e. The summed E-state index contributed by atoms with van der Waals surface area (Å²) in [7, 11) is 0. The Morgan fingerprint density at radius 1 is 1.15 bits per heavy atom. The van der Waals surface area contributed by atoms with Crippen LogP contribution >= 0.6 is 0 Å². The molecule has 10 heteroatoms. The predicted molar refractivity (Wildman–Crippen MR) is 126 cm³/mol. The topological polar surface area (TPSA) is 149 Å². The van der Waals surface area contributed by atoms with Crippen LogP contribution < -0.4 is 22.1 Å². The Balaban J connectivity index is 1.27. The molecule has 2 aromatic rings. The molecule has 1 aromatic heterocycles. The standard InChI is InChI=1S/C23H34N6O4/c1-23(2)32-20-17(31-18(21(20)33-23)13-26-9-10-28-22(24)25)11-19(30)27-8-7-14-12-29-16-6-4-3-5-15(14)16/h3-6,12,17-18,20-21,26,29H,7-11,13H2,1-2H3,(H,27,30)(H4,24,25,28)/t17-,18+,20+,21-/m1/s1. The van der Waals surface area contributed by atoms with Crippen LogP contribution in [0.4, 0.5) is 0 Å². The number of carbonyl (C=O) groups excluding carboxylic acids is 1. The monoisotopic (exact) mass is 458 g/mol. The molecule has 2 aliphatic heterocycles. The van der Waals surface area contributed by atoms with E-state index < -0.39 is 5.79 Å². The first kappa shape index (κ1) is 23.5. The van der Waals surface area contributed by atoms with Crippen molar-refractivity contribution in [3.05, 3.63) is 36.0 Å². The van der Waals surface area contributed by atoms with Crippen molar-refractivity contribution in [2.45, 2.75) is 56.9 Å². The highest BCUT2D eigenvalue weighted by Crippen LogP contribution is 2.39. The Kier molecular flexibility index (Phi) is 7.18. The number of nitrogens with two attached hydrogens (primary N) is 2. The highest BCUT2D eigenvalue weighted by molar-refractivity contribution is 5.83. The van der Waals surface area contributed by atoms with Crippen LogP contribution in [0.25, 0.3) is 10.9 Å². The summed E-state index contributed by atoms with van der Waals surface area (Å²) in [5, 5.41) is 7.48. The van der Waals surface area contributed by atoms with Crippen LogP contribution in [0.3, 0.4) is 0 Å². The quantitative estimate of drug-likeness (QED) is 0.196. The van der Waals surface area contributed by atoms with Gasteiger partial charge in [0.15, 0.2) is 11.7 Å². The van der Waals surface area contributed by atoms with Crippen LogP contribution in [-0.4, -0.2) is 73.2 Å². The summed E-state index contributed by atoms with van der Waals surface area (Å²) >= 11 is 0. The Bertz CT molecular complexity index is 986. The minimum absolute atomic E-state index is 0.0618. The van der Waals surface area contributed by atoms with Gasteiger partial charge in [-0.05, 0) is 31.9 Å². The van der Waals surface area contributed by atoms with Gasteiger partial charge in [-0.2, -0.15) is 0 Å². The number of rotatable bonds is 10. The molecule has 1 amide bonds. The molecule has 7 N–H and O–H groups in total. The van der Waals surface area contributed by atoms with Crippen LogP contribution in [0.15, 0.2) is 35.5 Å². The molecule has 2 saturated heterocycles. The number of aliphatic imine (C=N–C) groups is 1. The fraction of sp³-hybridized carbons (Fsp3) is 0.565. The SMILES string of the molecule is CC1(C)O[C@@H]2[C@H](O1)[C@H](CNCCN=C(N)N)O[C@@H]2CC(=O)NCCc1c[nH]c2ccccc12. The molecule has 0 spiro atoms. The fourth-order valence-electron chi connectivity index (χ4n) is 4.54. The van der Waals surface area contributed by atoms with Crippen molar-refractivity contribution >= 4 is 22.8 Å². The van der Waals surface area contributed by atoms with E-state index in [0.717, 1.165) is 11.9 Å².